The Morgan fingerprint density at radius 1 is 1.38 bits per heavy atom. The maximum atomic E-state index is 5.84. The van der Waals surface area contributed by atoms with E-state index in [0.717, 1.165) is 47.4 Å². The van der Waals surface area contributed by atoms with Gasteiger partial charge in [0.25, 0.3) is 0 Å². The SMILES string of the molecule is CCCOc1cccc2c1[nH]c(=S)n2CC1CCCC1C. The average Bonchev–Trinajstić information content (AvgIpc) is 3.02. The Bertz CT molecular complexity index is 673. The number of hydrogen-bond acceptors (Lipinski definition) is 2. The first-order valence-corrected chi connectivity index (χ1v) is 8.46. The second-order valence-electron chi connectivity index (χ2n) is 6.21. The van der Waals surface area contributed by atoms with E-state index in [-0.39, 0.29) is 0 Å². The lowest BCUT2D eigenvalue weighted by molar-refractivity contribution is 0.320. The molecule has 2 unspecified atom stereocenters. The minimum absolute atomic E-state index is 0.741. The highest BCUT2D eigenvalue weighted by atomic mass is 32.1. The topological polar surface area (TPSA) is 29.9 Å². The summed E-state index contributed by atoms with van der Waals surface area (Å²) < 4.78 is 8.91. The molecular weight excluding hydrogens is 280 g/mol. The van der Waals surface area contributed by atoms with Crippen LogP contribution in [0.25, 0.3) is 11.0 Å². The molecule has 0 aliphatic heterocycles. The molecule has 1 N–H and O–H groups in total. The number of imidazole rings is 1. The number of para-hydroxylation sites is 1. The van der Waals surface area contributed by atoms with Gasteiger partial charge in [-0.15, -0.1) is 0 Å². The van der Waals surface area contributed by atoms with Crippen molar-refractivity contribution in [2.24, 2.45) is 11.8 Å². The van der Waals surface area contributed by atoms with Crippen molar-refractivity contribution in [1.29, 1.82) is 0 Å². The molecule has 114 valence electrons. The molecule has 0 radical (unpaired) electrons. The molecule has 0 spiro atoms. The normalized spacial score (nSPS) is 22.0. The highest BCUT2D eigenvalue weighted by Gasteiger charge is 2.24. The molecule has 1 fully saturated rings. The maximum Gasteiger partial charge on any atom is 0.178 e. The van der Waals surface area contributed by atoms with Crippen LogP contribution in [-0.4, -0.2) is 16.2 Å². The molecule has 1 aromatic carbocycles. The van der Waals surface area contributed by atoms with Crippen molar-refractivity contribution in [3.8, 4) is 5.75 Å². The van der Waals surface area contributed by atoms with Crippen molar-refractivity contribution in [2.75, 3.05) is 6.61 Å². The van der Waals surface area contributed by atoms with E-state index in [0.29, 0.717) is 0 Å². The molecule has 1 saturated carbocycles. The van der Waals surface area contributed by atoms with E-state index in [4.69, 9.17) is 17.0 Å². The Labute approximate surface area is 131 Å². The largest absolute Gasteiger partial charge is 0.491 e. The van der Waals surface area contributed by atoms with Crippen LogP contribution in [0.15, 0.2) is 18.2 Å². The van der Waals surface area contributed by atoms with E-state index in [1.165, 1.54) is 24.8 Å². The molecule has 0 bridgehead atoms. The predicted octanol–water partition coefficient (Wildman–Crippen LogP) is 4.92. The minimum atomic E-state index is 0.741. The average molecular weight is 304 g/mol. The second-order valence-corrected chi connectivity index (χ2v) is 6.59. The Morgan fingerprint density at radius 3 is 2.95 bits per heavy atom. The standard InChI is InChI=1S/C17H24N2OS/c1-3-10-20-15-9-5-8-14-16(15)18-17(21)19(14)11-13-7-4-6-12(13)2/h5,8-9,12-13H,3-4,6-7,10-11H2,1-2H3,(H,18,21). The number of H-pyrrole nitrogens is 1. The number of nitrogens with zero attached hydrogens (tertiary/aromatic N) is 1. The van der Waals surface area contributed by atoms with E-state index >= 15 is 0 Å². The van der Waals surface area contributed by atoms with Crippen LogP contribution in [0.3, 0.4) is 0 Å². The fraction of sp³-hybridized carbons (Fsp3) is 0.588. The van der Waals surface area contributed by atoms with Crippen LogP contribution in [-0.2, 0) is 6.54 Å². The fourth-order valence-corrected chi connectivity index (χ4v) is 3.67. The molecule has 2 aromatic rings. The summed E-state index contributed by atoms with van der Waals surface area (Å²) in [7, 11) is 0. The fourth-order valence-electron chi connectivity index (χ4n) is 3.40. The molecular formula is C17H24N2OS. The van der Waals surface area contributed by atoms with Crippen molar-refractivity contribution < 1.29 is 4.74 Å². The van der Waals surface area contributed by atoms with E-state index in [9.17, 15) is 0 Å². The number of aromatic amines is 1. The van der Waals surface area contributed by atoms with Gasteiger partial charge in [-0.1, -0.05) is 32.8 Å². The zero-order valence-corrected chi connectivity index (χ0v) is 13.7. The molecule has 21 heavy (non-hydrogen) atoms. The van der Waals surface area contributed by atoms with Gasteiger partial charge in [0.05, 0.1) is 12.1 Å². The molecule has 3 rings (SSSR count). The second kappa shape index (κ2) is 6.22. The highest BCUT2D eigenvalue weighted by molar-refractivity contribution is 7.71. The molecule has 4 heteroatoms. The summed E-state index contributed by atoms with van der Waals surface area (Å²) in [5, 5.41) is 0. The van der Waals surface area contributed by atoms with E-state index < -0.39 is 0 Å². The molecule has 1 aromatic heterocycles. The first-order valence-electron chi connectivity index (χ1n) is 8.05. The number of nitrogens with one attached hydrogen (secondary N) is 1. The van der Waals surface area contributed by atoms with Crippen LogP contribution >= 0.6 is 12.2 Å². The number of aromatic nitrogens is 2. The third-order valence-electron chi connectivity index (χ3n) is 4.69. The minimum Gasteiger partial charge on any atom is -0.491 e. The van der Waals surface area contributed by atoms with Crippen LogP contribution in [0.4, 0.5) is 0 Å². The third-order valence-corrected chi connectivity index (χ3v) is 5.01. The molecule has 1 heterocycles. The van der Waals surface area contributed by atoms with Crippen molar-refractivity contribution >= 4 is 23.3 Å². The van der Waals surface area contributed by atoms with E-state index in [1.807, 2.05) is 6.07 Å². The molecule has 3 nitrogen and oxygen atoms in total. The molecule has 1 aliphatic rings. The quantitative estimate of drug-likeness (QED) is 0.794. The van der Waals surface area contributed by atoms with Gasteiger partial charge in [0.15, 0.2) is 4.77 Å². The first kappa shape index (κ1) is 14.6. The summed E-state index contributed by atoms with van der Waals surface area (Å²) in [5.41, 5.74) is 2.22. The Balaban J connectivity index is 1.95. The Morgan fingerprint density at radius 2 is 2.24 bits per heavy atom. The van der Waals surface area contributed by atoms with Crippen LogP contribution in [0.2, 0.25) is 0 Å². The first-order chi connectivity index (χ1) is 10.2. The van der Waals surface area contributed by atoms with Gasteiger partial charge in [-0.25, -0.2) is 0 Å². The third kappa shape index (κ3) is 2.86. The predicted molar refractivity (Wildman–Crippen MR) is 89.4 cm³/mol. The van der Waals surface area contributed by atoms with Gasteiger partial charge >= 0.3 is 0 Å². The van der Waals surface area contributed by atoms with Crippen LogP contribution in [0, 0.1) is 16.6 Å². The maximum absolute atomic E-state index is 5.84. The van der Waals surface area contributed by atoms with Gasteiger partial charge in [0.1, 0.15) is 11.3 Å². The van der Waals surface area contributed by atoms with Crippen LogP contribution < -0.4 is 4.74 Å². The van der Waals surface area contributed by atoms with E-state index in [1.54, 1.807) is 0 Å². The van der Waals surface area contributed by atoms with Crippen molar-refractivity contribution in [1.82, 2.24) is 9.55 Å². The lowest BCUT2D eigenvalue weighted by Gasteiger charge is -2.16. The number of fused-ring (bicyclic) bond motifs is 1. The lowest BCUT2D eigenvalue weighted by Crippen LogP contribution is -2.13. The van der Waals surface area contributed by atoms with Gasteiger partial charge in [0.2, 0.25) is 0 Å². The van der Waals surface area contributed by atoms with Crippen molar-refractivity contribution in [2.45, 2.75) is 46.1 Å². The van der Waals surface area contributed by atoms with Gasteiger partial charge in [-0.05, 0) is 49.0 Å². The van der Waals surface area contributed by atoms with E-state index in [2.05, 4.69) is 35.5 Å². The smallest absolute Gasteiger partial charge is 0.178 e. The summed E-state index contributed by atoms with van der Waals surface area (Å²) in [6, 6.07) is 6.22. The van der Waals surface area contributed by atoms with Crippen LogP contribution in [0.5, 0.6) is 5.75 Å². The summed E-state index contributed by atoms with van der Waals surface area (Å²) >= 11 is 5.55. The Kier molecular flexibility index (Phi) is 4.34. The lowest BCUT2D eigenvalue weighted by atomic mass is 9.98. The summed E-state index contributed by atoms with van der Waals surface area (Å²) in [5.74, 6) is 2.46. The monoisotopic (exact) mass is 304 g/mol. The number of ether oxygens (including phenoxy) is 1. The van der Waals surface area contributed by atoms with Gasteiger partial charge in [0, 0.05) is 6.54 Å². The Hall–Kier alpha value is -1.29. The highest BCUT2D eigenvalue weighted by Crippen LogP contribution is 2.34. The van der Waals surface area contributed by atoms with Gasteiger partial charge < -0.3 is 14.3 Å². The molecule has 1 aliphatic carbocycles. The van der Waals surface area contributed by atoms with Gasteiger partial charge in [-0.2, -0.15) is 0 Å². The molecule has 2 atom stereocenters. The molecule has 0 amide bonds. The van der Waals surface area contributed by atoms with Crippen molar-refractivity contribution in [3.63, 3.8) is 0 Å². The zero-order valence-electron chi connectivity index (χ0n) is 12.9. The van der Waals surface area contributed by atoms with Crippen molar-refractivity contribution in [3.05, 3.63) is 23.0 Å². The molecule has 0 saturated heterocycles. The number of benzene rings is 1. The summed E-state index contributed by atoms with van der Waals surface area (Å²) in [6.07, 6.45) is 5.04. The number of hydrogen-bond donors (Lipinski definition) is 1. The van der Waals surface area contributed by atoms with Gasteiger partial charge in [-0.3, -0.25) is 0 Å². The van der Waals surface area contributed by atoms with Crippen LogP contribution in [0.1, 0.15) is 39.5 Å². The number of rotatable bonds is 5. The zero-order chi connectivity index (χ0) is 14.8. The summed E-state index contributed by atoms with van der Waals surface area (Å²) in [6.45, 7) is 6.25. The summed E-state index contributed by atoms with van der Waals surface area (Å²) in [4.78, 5) is 3.35.